The first-order chi connectivity index (χ1) is 7.80. The number of fused-ring (bicyclic) bond motifs is 1. The van der Waals surface area contributed by atoms with Crippen LogP contribution in [0.15, 0.2) is 24.7 Å². The number of nitrogens with two attached hydrogens (primary N) is 1. The van der Waals surface area contributed by atoms with Crippen LogP contribution in [0, 0.1) is 5.41 Å². The summed E-state index contributed by atoms with van der Waals surface area (Å²) in [7, 11) is 1.59. The maximum Gasteiger partial charge on any atom is 0.138 e. The fourth-order valence-electron chi connectivity index (χ4n) is 1.55. The maximum atomic E-state index is 7.27. The number of ether oxygens (including phenoxy) is 1. The molecule has 0 amide bonds. The molecule has 0 unspecified atom stereocenters. The number of aromatic amines is 1. The van der Waals surface area contributed by atoms with E-state index in [0.717, 1.165) is 16.6 Å². The second-order valence-electron chi connectivity index (χ2n) is 3.24. The van der Waals surface area contributed by atoms with Crippen LogP contribution in [0.1, 0.15) is 5.56 Å². The van der Waals surface area contributed by atoms with Gasteiger partial charge < -0.3 is 20.9 Å². The van der Waals surface area contributed by atoms with E-state index < -0.39 is 0 Å². The Morgan fingerprint density at radius 3 is 3.06 bits per heavy atom. The van der Waals surface area contributed by atoms with Gasteiger partial charge in [0.25, 0.3) is 0 Å². The Kier molecular flexibility index (Phi) is 2.59. The molecule has 2 aromatic rings. The number of aromatic nitrogens is 2. The van der Waals surface area contributed by atoms with E-state index in [1.165, 1.54) is 12.4 Å². The van der Waals surface area contributed by atoms with E-state index in [1.807, 2.05) is 6.07 Å². The molecule has 2 heterocycles. The number of hydrogen-bond donors (Lipinski definition) is 3. The van der Waals surface area contributed by atoms with Gasteiger partial charge in [0.2, 0.25) is 0 Å². The van der Waals surface area contributed by atoms with E-state index in [9.17, 15) is 0 Å². The molecule has 0 aromatic carbocycles. The molecule has 2 rings (SSSR count). The monoisotopic (exact) mass is 216 g/mol. The third kappa shape index (κ3) is 1.52. The van der Waals surface area contributed by atoms with Crippen molar-refractivity contribution in [2.24, 2.45) is 5.73 Å². The first kappa shape index (κ1) is 10.2. The van der Waals surface area contributed by atoms with E-state index in [1.54, 1.807) is 19.5 Å². The molecule has 2 aromatic heterocycles. The number of H-pyrrole nitrogens is 1. The van der Waals surface area contributed by atoms with Crippen molar-refractivity contribution < 1.29 is 4.74 Å². The van der Waals surface area contributed by atoms with Crippen LogP contribution in [-0.4, -0.2) is 23.3 Å². The smallest absolute Gasteiger partial charge is 0.138 e. The summed E-state index contributed by atoms with van der Waals surface area (Å²) < 4.78 is 5.11. The third-order valence-corrected chi connectivity index (χ3v) is 2.39. The molecule has 0 radical (unpaired) electrons. The summed E-state index contributed by atoms with van der Waals surface area (Å²) in [5, 5.41) is 8.16. The molecule has 0 aliphatic rings. The average molecular weight is 216 g/mol. The van der Waals surface area contributed by atoms with Gasteiger partial charge in [-0.25, -0.2) is 4.98 Å². The number of nitrogens with zero attached hydrogens (tertiary/aromatic N) is 1. The lowest BCUT2D eigenvalue weighted by molar-refractivity contribution is 0.413. The van der Waals surface area contributed by atoms with Crippen LogP contribution in [0.5, 0.6) is 5.75 Å². The van der Waals surface area contributed by atoms with E-state index in [0.29, 0.717) is 11.3 Å². The highest BCUT2D eigenvalue weighted by molar-refractivity contribution is 6.13. The standard InChI is InChI=1S/C11H12N4O/c1-16-8-2-9-10(7(3-12)4-13)6-15-11(9)14-5-8/h2-6,12H,13H2,1H3,(H,14,15). The van der Waals surface area contributed by atoms with Crippen molar-refractivity contribution in [2.75, 3.05) is 7.11 Å². The quantitative estimate of drug-likeness (QED) is 0.680. The minimum absolute atomic E-state index is 0.640. The number of nitrogens with one attached hydrogen (secondary N) is 2. The minimum atomic E-state index is 0.640. The molecule has 0 saturated carbocycles. The van der Waals surface area contributed by atoms with Gasteiger partial charge in [-0.15, -0.1) is 0 Å². The van der Waals surface area contributed by atoms with E-state index in [2.05, 4.69) is 9.97 Å². The number of allylic oxidation sites excluding steroid dienone is 1. The Hall–Kier alpha value is -2.30. The first-order valence-electron chi connectivity index (χ1n) is 4.74. The van der Waals surface area contributed by atoms with Crippen molar-refractivity contribution in [3.05, 3.63) is 30.2 Å². The summed E-state index contributed by atoms with van der Waals surface area (Å²) in [5.74, 6) is 0.676. The highest BCUT2D eigenvalue weighted by atomic mass is 16.5. The normalized spacial score (nSPS) is 11.7. The fourth-order valence-corrected chi connectivity index (χ4v) is 1.55. The van der Waals surface area contributed by atoms with Crippen LogP contribution >= 0.6 is 0 Å². The van der Waals surface area contributed by atoms with Crippen molar-refractivity contribution in [1.29, 1.82) is 5.41 Å². The highest BCUT2D eigenvalue weighted by Gasteiger charge is 2.08. The van der Waals surface area contributed by atoms with Gasteiger partial charge in [-0.2, -0.15) is 0 Å². The summed E-state index contributed by atoms with van der Waals surface area (Å²) in [5.41, 5.74) is 7.69. The molecule has 0 bridgehead atoms. The summed E-state index contributed by atoms with van der Waals surface area (Å²) in [4.78, 5) is 7.22. The Labute approximate surface area is 92.5 Å². The first-order valence-corrected chi connectivity index (χ1v) is 4.74. The van der Waals surface area contributed by atoms with Crippen LogP contribution in [0.2, 0.25) is 0 Å². The molecular formula is C11H12N4O. The number of methoxy groups -OCH3 is 1. The molecule has 5 nitrogen and oxygen atoms in total. The zero-order valence-electron chi connectivity index (χ0n) is 8.82. The Bertz CT molecular complexity index is 556. The molecule has 0 aliphatic carbocycles. The van der Waals surface area contributed by atoms with E-state index >= 15 is 0 Å². The second kappa shape index (κ2) is 4.06. The molecule has 5 heteroatoms. The van der Waals surface area contributed by atoms with Gasteiger partial charge in [0.05, 0.1) is 13.3 Å². The largest absolute Gasteiger partial charge is 0.495 e. The molecule has 82 valence electrons. The van der Waals surface area contributed by atoms with Crippen molar-refractivity contribution in [1.82, 2.24) is 9.97 Å². The van der Waals surface area contributed by atoms with Crippen LogP contribution in [0.4, 0.5) is 0 Å². The topological polar surface area (TPSA) is 87.8 Å². The Morgan fingerprint density at radius 1 is 1.62 bits per heavy atom. The van der Waals surface area contributed by atoms with E-state index in [4.69, 9.17) is 15.9 Å². The van der Waals surface area contributed by atoms with Crippen LogP contribution in [-0.2, 0) is 0 Å². The fraction of sp³-hybridized carbons (Fsp3) is 0.0909. The lowest BCUT2D eigenvalue weighted by atomic mass is 10.1. The summed E-state index contributed by atoms with van der Waals surface area (Å²) in [6.07, 6.45) is 6.02. The highest BCUT2D eigenvalue weighted by Crippen LogP contribution is 2.25. The van der Waals surface area contributed by atoms with Gasteiger partial charge in [0.15, 0.2) is 0 Å². The van der Waals surface area contributed by atoms with Crippen molar-refractivity contribution in [3.63, 3.8) is 0 Å². The predicted octanol–water partition coefficient (Wildman–Crippen LogP) is 1.52. The van der Waals surface area contributed by atoms with Crippen LogP contribution in [0.25, 0.3) is 16.6 Å². The molecule has 0 saturated heterocycles. The Balaban J connectivity index is 2.66. The van der Waals surface area contributed by atoms with E-state index in [-0.39, 0.29) is 0 Å². The summed E-state index contributed by atoms with van der Waals surface area (Å²) in [6, 6.07) is 1.86. The minimum Gasteiger partial charge on any atom is -0.495 e. The predicted molar refractivity (Wildman–Crippen MR) is 63.6 cm³/mol. The van der Waals surface area contributed by atoms with Gasteiger partial charge in [-0.1, -0.05) is 0 Å². The van der Waals surface area contributed by atoms with Crippen molar-refractivity contribution in [2.45, 2.75) is 0 Å². The number of pyridine rings is 1. The zero-order chi connectivity index (χ0) is 11.5. The van der Waals surface area contributed by atoms with Crippen molar-refractivity contribution in [3.8, 4) is 5.75 Å². The lowest BCUT2D eigenvalue weighted by Gasteiger charge is -2.00. The molecule has 0 spiro atoms. The lowest BCUT2D eigenvalue weighted by Crippen LogP contribution is -1.90. The SMILES string of the molecule is COc1cnc2[nH]cc(C(C=N)=CN)c2c1. The number of hydrogen-bond acceptors (Lipinski definition) is 4. The molecule has 0 aliphatic heterocycles. The van der Waals surface area contributed by atoms with Crippen LogP contribution in [0.3, 0.4) is 0 Å². The Morgan fingerprint density at radius 2 is 2.44 bits per heavy atom. The molecular weight excluding hydrogens is 204 g/mol. The molecule has 0 atom stereocenters. The van der Waals surface area contributed by atoms with Gasteiger partial charge >= 0.3 is 0 Å². The maximum absolute atomic E-state index is 7.27. The molecule has 0 fully saturated rings. The van der Waals surface area contributed by atoms with Crippen molar-refractivity contribution >= 4 is 22.8 Å². The van der Waals surface area contributed by atoms with Gasteiger partial charge in [-0.3, -0.25) is 0 Å². The van der Waals surface area contributed by atoms with Gasteiger partial charge in [0.1, 0.15) is 11.4 Å². The molecule has 16 heavy (non-hydrogen) atoms. The van der Waals surface area contributed by atoms with Crippen LogP contribution < -0.4 is 10.5 Å². The van der Waals surface area contributed by atoms with Gasteiger partial charge in [0, 0.05) is 35.1 Å². The molecule has 4 N–H and O–H groups in total. The second-order valence-corrected chi connectivity index (χ2v) is 3.24. The zero-order valence-corrected chi connectivity index (χ0v) is 8.82. The third-order valence-electron chi connectivity index (χ3n) is 2.39. The van der Waals surface area contributed by atoms with Gasteiger partial charge in [-0.05, 0) is 6.07 Å². The summed E-state index contributed by atoms with van der Waals surface area (Å²) >= 11 is 0. The average Bonchev–Trinajstić information content (AvgIpc) is 2.74. The number of rotatable bonds is 3. The summed E-state index contributed by atoms with van der Waals surface area (Å²) in [6.45, 7) is 0.